The minimum Gasteiger partial charge on any atom is -0.481 e. The molecule has 1 aliphatic heterocycles. The standard InChI is InChI=1S/C15H26N2O3/c1-12(13(18)19)4-9-16-14(20)17-10-7-15(8-11-17)5-2-3-6-15/h12H,2-11H2,1H3,(H,16,20)(H,18,19). The second-order valence-electron chi connectivity index (χ2n) is 6.45. The molecule has 114 valence electrons. The van der Waals surface area contributed by atoms with Crippen LogP contribution in [0.2, 0.25) is 0 Å². The fraction of sp³-hybridized carbons (Fsp3) is 0.867. The maximum atomic E-state index is 12.0. The van der Waals surface area contributed by atoms with E-state index in [2.05, 4.69) is 5.32 Å². The van der Waals surface area contributed by atoms with Crippen LogP contribution in [0.4, 0.5) is 4.79 Å². The zero-order valence-corrected chi connectivity index (χ0v) is 12.4. The molecule has 1 unspecified atom stereocenters. The Morgan fingerprint density at radius 1 is 1.20 bits per heavy atom. The SMILES string of the molecule is CC(CCNC(=O)N1CCC2(CCCC2)CC1)C(=O)O. The number of carboxylic acid groups (broad SMARTS) is 1. The van der Waals surface area contributed by atoms with Crippen molar-refractivity contribution < 1.29 is 14.7 Å². The largest absolute Gasteiger partial charge is 0.481 e. The highest BCUT2D eigenvalue weighted by Crippen LogP contribution is 2.45. The van der Waals surface area contributed by atoms with Crippen LogP contribution < -0.4 is 5.32 Å². The monoisotopic (exact) mass is 282 g/mol. The van der Waals surface area contributed by atoms with E-state index in [1.54, 1.807) is 6.92 Å². The van der Waals surface area contributed by atoms with Crippen molar-refractivity contribution in [1.82, 2.24) is 10.2 Å². The van der Waals surface area contributed by atoms with E-state index in [1.165, 1.54) is 25.7 Å². The summed E-state index contributed by atoms with van der Waals surface area (Å²) >= 11 is 0. The lowest BCUT2D eigenvalue weighted by Gasteiger charge is -2.39. The molecule has 1 atom stereocenters. The molecule has 2 amide bonds. The quantitative estimate of drug-likeness (QED) is 0.832. The highest BCUT2D eigenvalue weighted by Gasteiger charge is 2.37. The van der Waals surface area contributed by atoms with Crippen LogP contribution in [0, 0.1) is 11.3 Å². The molecule has 1 aliphatic carbocycles. The fourth-order valence-electron chi connectivity index (χ4n) is 3.44. The number of hydrogen-bond acceptors (Lipinski definition) is 2. The topological polar surface area (TPSA) is 69.6 Å². The predicted molar refractivity (Wildman–Crippen MR) is 76.5 cm³/mol. The fourth-order valence-corrected chi connectivity index (χ4v) is 3.44. The van der Waals surface area contributed by atoms with Gasteiger partial charge in [0.1, 0.15) is 0 Å². The van der Waals surface area contributed by atoms with Gasteiger partial charge in [-0.1, -0.05) is 19.8 Å². The van der Waals surface area contributed by atoms with Gasteiger partial charge >= 0.3 is 12.0 Å². The Morgan fingerprint density at radius 2 is 1.80 bits per heavy atom. The second kappa shape index (κ2) is 6.46. The first-order valence-corrected chi connectivity index (χ1v) is 7.78. The normalized spacial score (nSPS) is 22.8. The number of piperidine rings is 1. The number of carbonyl (C=O) groups excluding carboxylic acids is 1. The van der Waals surface area contributed by atoms with Crippen LogP contribution in [0.25, 0.3) is 0 Å². The number of nitrogens with one attached hydrogen (secondary N) is 1. The minimum absolute atomic E-state index is 0.0320. The van der Waals surface area contributed by atoms with Gasteiger partial charge in [-0.25, -0.2) is 4.79 Å². The van der Waals surface area contributed by atoms with Crippen molar-refractivity contribution in [3.63, 3.8) is 0 Å². The van der Waals surface area contributed by atoms with Crippen molar-refractivity contribution in [3.05, 3.63) is 0 Å². The number of hydrogen-bond donors (Lipinski definition) is 2. The van der Waals surface area contributed by atoms with Crippen LogP contribution in [-0.2, 0) is 4.79 Å². The number of carbonyl (C=O) groups is 2. The molecule has 0 radical (unpaired) electrons. The highest BCUT2D eigenvalue weighted by atomic mass is 16.4. The predicted octanol–water partition coefficient (Wildman–Crippen LogP) is 2.46. The Balaban J connectivity index is 1.68. The van der Waals surface area contributed by atoms with E-state index in [1.807, 2.05) is 4.90 Å². The third-order valence-electron chi connectivity index (χ3n) is 5.05. The molecular weight excluding hydrogens is 256 g/mol. The molecule has 1 saturated carbocycles. The molecule has 0 aromatic heterocycles. The van der Waals surface area contributed by atoms with E-state index in [4.69, 9.17) is 5.11 Å². The summed E-state index contributed by atoms with van der Waals surface area (Å²) < 4.78 is 0. The lowest BCUT2D eigenvalue weighted by Crippen LogP contribution is -2.47. The Kier molecular flexibility index (Phi) is 4.89. The van der Waals surface area contributed by atoms with Gasteiger partial charge in [0, 0.05) is 19.6 Å². The number of urea groups is 1. The molecule has 2 N–H and O–H groups in total. The number of rotatable bonds is 4. The van der Waals surface area contributed by atoms with Gasteiger partial charge in [0.2, 0.25) is 0 Å². The van der Waals surface area contributed by atoms with Gasteiger partial charge in [-0.3, -0.25) is 4.79 Å². The van der Waals surface area contributed by atoms with Crippen LogP contribution in [0.3, 0.4) is 0 Å². The van der Waals surface area contributed by atoms with Crippen LogP contribution in [0.15, 0.2) is 0 Å². The Hall–Kier alpha value is -1.26. The maximum absolute atomic E-state index is 12.0. The van der Waals surface area contributed by atoms with Crippen molar-refractivity contribution in [2.24, 2.45) is 11.3 Å². The Bertz CT molecular complexity index is 354. The zero-order chi connectivity index (χ0) is 14.6. The third kappa shape index (κ3) is 3.64. The smallest absolute Gasteiger partial charge is 0.317 e. The van der Waals surface area contributed by atoms with Crippen molar-refractivity contribution in [2.75, 3.05) is 19.6 Å². The summed E-state index contributed by atoms with van der Waals surface area (Å²) in [5.74, 6) is -1.21. The number of amides is 2. The molecule has 2 aliphatic rings. The Labute approximate surface area is 120 Å². The summed E-state index contributed by atoms with van der Waals surface area (Å²) in [6.45, 7) is 3.80. The molecule has 2 fully saturated rings. The third-order valence-corrected chi connectivity index (χ3v) is 5.05. The Morgan fingerprint density at radius 3 is 2.35 bits per heavy atom. The van der Waals surface area contributed by atoms with Crippen molar-refractivity contribution in [2.45, 2.75) is 51.9 Å². The van der Waals surface area contributed by atoms with Gasteiger partial charge in [0.15, 0.2) is 0 Å². The molecule has 5 heteroatoms. The van der Waals surface area contributed by atoms with Gasteiger partial charge in [0.05, 0.1) is 5.92 Å². The van der Waals surface area contributed by atoms with E-state index in [0.717, 1.165) is 25.9 Å². The van der Waals surface area contributed by atoms with Gasteiger partial charge in [-0.05, 0) is 37.5 Å². The summed E-state index contributed by atoms with van der Waals surface area (Å²) in [5, 5.41) is 11.6. The van der Waals surface area contributed by atoms with E-state index < -0.39 is 11.9 Å². The average molecular weight is 282 g/mol. The average Bonchev–Trinajstić information content (AvgIpc) is 2.87. The van der Waals surface area contributed by atoms with E-state index in [9.17, 15) is 9.59 Å². The molecule has 0 aromatic carbocycles. The van der Waals surface area contributed by atoms with Crippen molar-refractivity contribution in [3.8, 4) is 0 Å². The maximum Gasteiger partial charge on any atom is 0.317 e. The molecule has 20 heavy (non-hydrogen) atoms. The molecule has 0 aromatic rings. The van der Waals surface area contributed by atoms with E-state index in [-0.39, 0.29) is 6.03 Å². The first-order valence-electron chi connectivity index (χ1n) is 7.78. The summed E-state index contributed by atoms with van der Waals surface area (Å²) in [4.78, 5) is 24.6. The zero-order valence-electron chi connectivity index (χ0n) is 12.4. The van der Waals surface area contributed by atoms with Gasteiger partial charge in [-0.15, -0.1) is 0 Å². The molecule has 0 bridgehead atoms. The summed E-state index contributed by atoms with van der Waals surface area (Å²) in [6.07, 6.45) is 8.10. The van der Waals surface area contributed by atoms with Crippen molar-refractivity contribution >= 4 is 12.0 Å². The van der Waals surface area contributed by atoms with E-state index >= 15 is 0 Å². The van der Waals surface area contributed by atoms with Crippen LogP contribution >= 0.6 is 0 Å². The molecule has 1 saturated heterocycles. The molecule has 5 nitrogen and oxygen atoms in total. The first-order chi connectivity index (χ1) is 9.52. The molecule has 1 spiro atoms. The first kappa shape index (κ1) is 15.1. The van der Waals surface area contributed by atoms with Gasteiger partial charge in [-0.2, -0.15) is 0 Å². The van der Waals surface area contributed by atoms with Gasteiger partial charge < -0.3 is 15.3 Å². The lowest BCUT2D eigenvalue weighted by atomic mass is 9.77. The van der Waals surface area contributed by atoms with Crippen LogP contribution in [-0.4, -0.2) is 41.6 Å². The number of nitrogens with zero attached hydrogens (tertiary/aromatic N) is 1. The second-order valence-corrected chi connectivity index (χ2v) is 6.45. The summed E-state index contributed by atoms with van der Waals surface area (Å²) in [5.41, 5.74) is 0.522. The van der Waals surface area contributed by atoms with E-state index in [0.29, 0.717) is 18.4 Å². The van der Waals surface area contributed by atoms with Gasteiger partial charge in [0.25, 0.3) is 0 Å². The van der Waals surface area contributed by atoms with Crippen molar-refractivity contribution in [1.29, 1.82) is 0 Å². The van der Waals surface area contributed by atoms with Crippen LogP contribution in [0.1, 0.15) is 51.9 Å². The highest BCUT2D eigenvalue weighted by molar-refractivity contribution is 5.74. The summed E-state index contributed by atoms with van der Waals surface area (Å²) in [7, 11) is 0. The lowest BCUT2D eigenvalue weighted by molar-refractivity contribution is -0.141. The summed E-state index contributed by atoms with van der Waals surface area (Å²) in [6, 6.07) is -0.0320. The minimum atomic E-state index is -0.805. The number of likely N-dealkylation sites (tertiary alicyclic amines) is 1. The molecule has 1 heterocycles. The molecular formula is C15H26N2O3. The van der Waals surface area contributed by atoms with Crippen LogP contribution in [0.5, 0.6) is 0 Å². The number of aliphatic carboxylic acids is 1. The molecule has 2 rings (SSSR count). The number of carboxylic acids is 1.